The molecular weight excluding hydrogens is 232 g/mol. The Labute approximate surface area is 105 Å². The fourth-order valence-corrected chi connectivity index (χ4v) is 2.78. The summed E-state index contributed by atoms with van der Waals surface area (Å²) in [5.41, 5.74) is 0.359. The van der Waals surface area contributed by atoms with Crippen molar-refractivity contribution in [3.05, 3.63) is 33.4 Å². The summed E-state index contributed by atoms with van der Waals surface area (Å²) < 4.78 is 11.0. The maximum atomic E-state index is 11.8. The third-order valence-corrected chi connectivity index (χ3v) is 3.91. The van der Waals surface area contributed by atoms with Gasteiger partial charge >= 0.3 is 5.63 Å². The fourth-order valence-electron chi connectivity index (χ4n) is 2.78. The van der Waals surface area contributed by atoms with Gasteiger partial charge in [0.15, 0.2) is 5.60 Å². The summed E-state index contributed by atoms with van der Waals surface area (Å²) in [5.74, 6) is 1.03. The van der Waals surface area contributed by atoms with Crippen LogP contribution in [0.4, 0.5) is 0 Å². The second-order valence-corrected chi connectivity index (χ2v) is 5.21. The number of aliphatic hydroxyl groups is 1. The normalized spacial score (nSPS) is 29.9. The van der Waals surface area contributed by atoms with Crippen molar-refractivity contribution >= 4 is 6.08 Å². The Kier molecular flexibility index (Phi) is 2.38. The zero-order chi connectivity index (χ0) is 12.9. The molecule has 1 aromatic heterocycles. The summed E-state index contributed by atoms with van der Waals surface area (Å²) in [6.45, 7) is 3.60. The maximum Gasteiger partial charge on any atom is 0.346 e. The summed E-state index contributed by atoms with van der Waals surface area (Å²) in [4.78, 5) is 11.8. The first kappa shape index (κ1) is 11.5. The van der Waals surface area contributed by atoms with Gasteiger partial charge in [-0.3, -0.25) is 0 Å². The average Bonchev–Trinajstić information content (AvgIpc) is 2.29. The SMILES string of the molecule is Cc1cc2c(c(=O)o1)C=C1CCCC(O)C1(C)O2. The highest BCUT2D eigenvalue weighted by Gasteiger charge is 2.44. The number of fused-ring (bicyclic) bond motifs is 2. The smallest absolute Gasteiger partial charge is 0.346 e. The van der Waals surface area contributed by atoms with Crippen LogP contribution in [0.15, 0.2) is 20.9 Å². The van der Waals surface area contributed by atoms with Gasteiger partial charge in [0.25, 0.3) is 0 Å². The van der Waals surface area contributed by atoms with Crippen LogP contribution < -0.4 is 10.4 Å². The molecule has 0 spiro atoms. The van der Waals surface area contributed by atoms with E-state index in [1.54, 1.807) is 13.0 Å². The molecule has 2 atom stereocenters. The van der Waals surface area contributed by atoms with E-state index in [0.29, 0.717) is 17.1 Å². The zero-order valence-corrected chi connectivity index (χ0v) is 10.5. The third-order valence-electron chi connectivity index (χ3n) is 3.91. The highest BCUT2D eigenvalue weighted by molar-refractivity contribution is 5.64. The van der Waals surface area contributed by atoms with Gasteiger partial charge in [0.1, 0.15) is 17.1 Å². The molecule has 2 aliphatic rings. The summed E-state index contributed by atoms with van der Waals surface area (Å²) in [5, 5.41) is 10.2. The van der Waals surface area contributed by atoms with Crippen LogP contribution in [0, 0.1) is 6.92 Å². The second kappa shape index (κ2) is 3.72. The van der Waals surface area contributed by atoms with E-state index in [4.69, 9.17) is 9.15 Å². The predicted octanol–water partition coefficient (Wildman–Crippen LogP) is 2.03. The lowest BCUT2D eigenvalue weighted by Gasteiger charge is -2.43. The van der Waals surface area contributed by atoms with E-state index in [1.165, 1.54) is 0 Å². The van der Waals surface area contributed by atoms with Crippen LogP contribution in [-0.2, 0) is 0 Å². The minimum Gasteiger partial charge on any atom is -0.479 e. The van der Waals surface area contributed by atoms with Crippen molar-refractivity contribution in [2.45, 2.75) is 44.8 Å². The molecule has 0 amide bonds. The molecule has 1 saturated carbocycles. The van der Waals surface area contributed by atoms with Gasteiger partial charge in [-0.25, -0.2) is 4.79 Å². The Morgan fingerprint density at radius 3 is 3.06 bits per heavy atom. The largest absolute Gasteiger partial charge is 0.479 e. The minimum atomic E-state index is -0.703. The van der Waals surface area contributed by atoms with Gasteiger partial charge in [-0.15, -0.1) is 0 Å². The number of hydrogen-bond acceptors (Lipinski definition) is 4. The highest BCUT2D eigenvalue weighted by atomic mass is 16.5. The topological polar surface area (TPSA) is 59.7 Å². The molecule has 1 aliphatic heterocycles. The van der Waals surface area contributed by atoms with Gasteiger partial charge in [-0.2, -0.15) is 0 Å². The Morgan fingerprint density at radius 2 is 2.28 bits per heavy atom. The van der Waals surface area contributed by atoms with Crippen LogP contribution in [0.25, 0.3) is 6.08 Å². The Balaban J connectivity index is 2.19. The van der Waals surface area contributed by atoms with Gasteiger partial charge < -0.3 is 14.3 Å². The molecule has 4 heteroatoms. The van der Waals surface area contributed by atoms with E-state index >= 15 is 0 Å². The molecule has 0 aromatic carbocycles. The van der Waals surface area contributed by atoms with Crippen LogP contribution in [0.1, 0.15) is 37.5 Å². The average molecular weight is 248 g/mol. The molecule has 2 unspecified atom stereocenters. The highest BCUT2D eigenvalue weighted by Crippen LogP contribution is 2.42. The molecular formula is C14H16O4. The molecule has 0 bridgehead atoms. The lowest BCUT2D eigenvalue weighted by molar-refractivity contribution is -0.0357. The van der Waals surface area contributed by atoms with Gasteiger partial charge in [0.2, 0.25) is 0 Å². The molecule has 1 aromatic rings. The number of hydrogen-bond donors (Lipinski definition) is 1. The number of aryl methyl sites for hydroxylation is 1. The van der Waals surface area contributed by atoms with Crippen LogP contribution in [0.2, 0.25) is 0 Å². The summed E-state index contributed by atoms with van der Waals surface area (Å²) >= 11 is 0. The molecule has 96 valence electrons. The fraction of sp³-hybridized carbons (Fsp3) is 0.500. The molecule has 1 fully saturated rings. The van der Waals surface area contributed by atoms with Gasteiger partial charge in [0, 0.05) is 6.07 Å². The first-order valence-corrected chi connectivity index (χ1v) is 6.23. The third kappa shape index (κ3) is 1.52. The summed E-state index contributed by atoms with van der Waals surface area (Å²) in [6, 6.07) is 1.70. The molecule has 1 aliphatic carbocycles. The first-order valence-electron chi connectivity index (χ1n) is 6.23. The Hall–Kier alpha value is -1.55. The van der Waals surface area contributed by atoms with Crippen molar-refractivity contribution in [2.24, 2.45) is 0 Å². The van der Waals surface area contributed by atoms with Crippen molar-refractivity contribution in [1.82, 2.24) is 0 Å². The van der Waals surface area contributed by atoms with E-state index in [-0.39, 0.29) is 5.63 Å². The van der Waals surface area contributed by atoms with E-state index in [1.807, 2.05) is 13.0 Å². The van der Waals surface area contributed by atoms with Crippen molar-refractivity contribution < 1.29 is 14.3 Å². The molecule has 2 heterocycles. The van der Waals surface area contributed by atoms with Crippen LogP contribution in [-0.4, -0.2) is 16.8 Å². The van der Waals surface area contributed by atoms with Crippen LogP contribution in [0.3, 0.4) is 0 Å². The molecule has 0 radical (unpaired) electrons. The molecule has 18 heavy (non-hydrogen) atoms. The predicted molar refractivity (Wildman–Crippen MR) is 66.6 cm³/mol. The number of rotatable bonds is 0. The van der Waals surface area contributed by atoms with E-state index in [0.717, 1.165) is 24.8 Å². The molecule has 1 N–H and O–H groups in total. The quantitative estimate of drug-likeness (QED) is 0.763. The summed E-state index contributed by atoms with van der Waals surface area (Å²) in [7, 11) is 0. The van der Waals surface area contributed by atoms with Gasteiger partial charge in [-0.1, -0.05) is 0 Å². The van der Waals surface area contributed by atoms with Crippen LogP contribution in [0.5, 0.6) is 5.75 Å². The molecule has 3 rings (SSSR count). The minimum absolute atomic E-state index is 0.375. The van der Waals surface area contributed by atoms with E-state index in [2.05, 4.69) is 0 Å². The Morgan fingerprint density at radius 1 is 1.50 bits per heavy atom. The first-order chi connectivity index (χ1) is 8.50. The van der Waals surface area contributed by atoms with Crippen molar-refractivity contribution in [1.29, 1.82) is 0 Å². The van der Waals surface area contributed by atoms with Crippen molar-refractivity contribution in [3.63, 3.8) is 0 Å². The monoisotopic (exact) mass is 248 g/mol. The van der Waals surface area contributed by atoms with Gasteiger partial charge in [-0.05, 0) is 44.8 Å². The molecule has 0 saturated heterocycles. The second-order valence-electron chi connectivity index (χ2n) is 5.21. The summed E-state index contributed by atoms with van der Waals surface area (Å²) in [6.07, 6.45) is 3.78. The maximum absolute atomic E-state index is 11.8. The van der Waals surface area contributed by atoms with E-state index in [9.17, 15) is 9.90 Å². The Bertz CT molecular complexity index is 584. The lowest BCUT2D eigenvalue weighted by atomic mass is 9.77. The van der Waals surface area contributed by atoms with Gasteiger partial charge in [0.05, 0.1) is 6.10 Å². The standard InChI is InChI=1S/C14H16O4/c1-8-6-11-10(13(16)17-8)7-9-4-3-5-12(15)14(9,2)18-11/h6-7,12,15H,3-5H2,1-2H3. The van der Waals surface area contributed by atoms with E-state index < -0.39 is 11.7 Å². The number of aliphatic hydroxyl groups excluding tert-OH is 1. The van der Waals surface area contributed by atoms with Crippen molar-refractivity contribution in [2.75, 3.05) is 0 Å². The van der Waals surface area contributed by atoms with Crippen LogP contribution >= 0.6 is 0 Å². The zero-order valence-electron chi connectivity index (χ0n) is 10.5. The van der Waals surface area contributed by atoms with Crippen molar-refractivity contribution in [3.8, 4) is 5.75 Å². The lowest BCUT2D eigenvalue weighted by Crippen LogP contribution is -2.50. The number of ether oxygens (including phenoxy) is 1. The molecule has 4 nitrogen and oxygen atoms in total.